The number of anilines is 2. The lowest BCUT2D eigenvalue weighted by molar-refractivity contribution is -0.384. The van der Waals surface area contributed by atoms with Crippen LogP contribution in [0.2, 0.25) is 0 Å². The molecule has 0 unspecified atom stereocenters. The number of nitro groups is 1. The van der Waals surface area contributed by atoms with Gasteiger partial charge in [-0.3, -0.25) is 20.3 Å². The van der Waals surface area contributed by atoms with Gasteiger partial charge in [-0.15, -0.1) is 0 Å². The Morgan fingerprint density at radius 1 is 0.971 bits per heavy atom. The van der Waals surface area contributed by atoms with Crippen LogP contribution in [0.3, 0.4) is 0 Å². The van der Waals surface area contributed by atoms with E-state index in [1.165, 1.54) is 32.6 Å². The van der Waals surface area contributed by atoms with Gasteiger partial charge in [0.05, 0.1) is 35.9 Å². The Labute approximate surface area is 197 Å². The fourth-order valence-electron chi connectivity index (χ4n) is 3.15. The molecule has 34 heavy (non-hydrogen) atoms. The molecule has 0 bridgehead atoms. The van der Waals surface area contributed by atoms with Crippen molar-refractivity contribution in [2.45, 2.75) is 18.7 Å². The number of rotatable bonds is 9. The number of ether oxygens (including phenoxy) is 2. The van der Waals surface area contributed by atoms with Gasteiger partial charge in [-0.25, -0.2) is 8.42 Å². The SMILES string of the molecule is COc1ccc(/C=N/Nc2ccc(S(=O)(=O)Nc3ccc(C)cc3C)cc2[N+](=O)[O-])c(OC)c1. The standard InChI is InChI=1S/C23H24N4O6S/c1-15-5-9-20(16(2)11-15)26-34(30,31)19-8-10-21(22(13-19)27(28)29)25-24-14-17-6-7-18(32-3)12-23(17)33-4/h5-14,25-26H,1-4H3/b24-14+. The molecule has 0 saturated heterocycles. The van der Waals surface area contributed by atoms with Crippen LogP contribution in [0.4, 0.5) is 17.1 Å². The highest BCUT2D eigenvalue weighted by Gasteiger charge is 2.22. The molecule has 0 aliphatic rings. The number of hydrogen-bond donors (Lipinski definition) is 2. The second kappa shape index (κ2) is 10.2. The Morgan fingerprint density at radius 2 is 1.71 bits per heavy atom. The van der Waals surface area contributed by atoms with E-state index >= 15 is 0 Å². The molecular formula is C23H24N4O6S. The van der Waals surface area contributed by atoms with E-state index in [1.54, 1.807) is 37.3 Å². The first-order valence-corrected chi connectivity index (χ1v) is 11.5. The first kappa shape index (κ1) is 24.5. The maximum atomic E-state index is 12.8. The van der Waals surface area contributed by atoms with Crippen LogP contribution >= 0.6 is 0 Å². The Morgan fingerprint density at radius 3 is 2.35 bits per heavy atom. The molecule has 0 aromatic heterocycles. The number of methoxy groups -OCH3 is 2. The molecule has 0 amide bonds. The Kier molecular flexibility index (Phi) is 7.37. The summed E-state index contributed by atoms with van der Waals surface area (Å²) in [7, 11) is -1.02. The lowest BCUT2D eigenvalue weighted by Gasteiger charge is -2.12. The average molecular weight is 485 g/mol. The van der Waals surface area contributed by atoms with Gasteiger partial charge in [-0.1, -0.05) is 17.7 Å². The van der Waals surface area contributed by atoms with E-state index in [-0.39, 0.29) is 10.6 Å². The zero-order valence-electron chi connectivity index (χ0n) is 19.0. The molecule has 0 fully saturated rings. The Balaban J connectivity index is 1.86. The van der Waals surface area contributed by atoms with Crippen molar-refractivity contribution in [1.82, 2.24) is 0 Å². The fraction of sp³-hybridized carbons (Fsp3) is 0.174. The van der Waals surface area contributed by atoms with Crippen molar-refractivity contribution in [3.8, 4) is 11.5 Å². The third kappa shape index (κ3) is 5.62. The zero-order valence-corrected chi connectivity index (χ0v) is 19.8. The maximum absolute atomic E-state index is 12.8. The molecule has 178 valence electrons. The summed E-state index contributed by atoms with van der Waals surface area (Å²) in [5, 5.41) is 15.7. The Hall–Kier alpha value is -4.12. The van der Waals surface area contributed by atoms with E-state index in [9.17, 15) is 18.5 Å². The third-order valence-corrected chi connectivity index (χ3v) is 6.29. The van der Waals surface area contributed by atoms with Crippen LogP contribution in [0, 0.1) is 24.0 Å². The lowest BCUT2D eigenvalue weighted by Crippen LogP contribution is -2.14. The molecule has 2 N–H and O–H groups in total. The summed E-state index contributed by atoms with van der Waals surface area (Å²) in [5.74, 6) is 1.10. The van der Waals surface area contributed by atoms with Gasteiger partial charge in [0.1, 0.15) is 17.2 Å². The number of benzene rings is 3. The van der Waals surface area contributed by atoms with Gasteiger partial charge in [-0.2, -0.15) is 5.10 Å². The smallest absolute Gasteiger partial charge is 0.295 e. The van der Waals surface area contributed by atoms with Crippen molar-refractivity contribution >= 4 is 33.3 Å². The van der Waals surface area contributed by atoms with Crippen molar-refractivity contribution in [3.05, 3.63) is 81.4 Å². The predicted octanol–water partition coefficient (Wildman–Crippen LogP) is 4.48. The van der Waals surface area contributed by atoms with Crippen molar-refractivity contribution in [1.29, 1.82) is 0 Å². The van der Waals surface area contributed by atoms with E-state index in [0.29, 0.717) is 22.7 Å². The molecular weight excluding hydrogens is 460 g/mol. The summed E-state index contributed by atoms with van der Waals surface area (Å²) in [6, 6.07) is 13.9. The predicted molar refractivity (Wildman–Crippen MR) is 131 cm³/mol. The molecule has 0 aliphatic heterocycles. The molecule has 3 aromatic rings. The van der Waals surface area contributed by atoms with Gasteiger partial charge in [0.25, 0.3) is 15.7 Å². The van der Waals surface area contributed by atoms with Crippen molar-refractivity contribution in [3.63, 3.8) is 0 Å². The van der Waals surface area contributed by atoms with Crippen molar-refractivity contribution in [2.75, 3.05) is 24.4 Å². The summed E-state index contributed by atoms with van der Waals surface area (Å²) >= 11 is 0. The minimum atomic E-state index is -4.05. The van der Waals surface area contributed by atoms with E-state index in [1.807, 2.05) is 13.0 Å². The van der Waals surface area contributed by atoms with Gasteiger partial charge in [0.15, 0.2) is 0 Å². The van der Waals surface area contributed by atoms with Crippen LogP contribution < -0.4 is 19.6 Å². The zero-order chi connectivity index (χ0) is 24.9. The van der Waals surface area contributed by atoms with Gasteiger partial charge >= 0.3 is 0 Å². The van der Waals surface area contributed by atoms with Crippen LogP contribution in [0.25, 0.3) is 0 Å². The number of nitrogens with one attached hydrogen (secondary N) is 2. The average Bonchev–Trinajstić information content (AvgIpc) is 2.81. The Bertz CT molecular complexity index is 1360. The second-order valence-corrected chi connectivity index (χ2v) is 9.02. The number of nitro benzene ring substituents is 1. The molecule has 3 rings (SSSR count). The van der Waals surface area contributed by atoms with Crippen molar-refractivity contribution < 1.29 is 22.8 Å². The molecule has 0 aliphatic carbocycles. The molecule has 0 saturated carbocycles. The molecule has 0 heterocycles. The van der Waals surface area contributed by atoms with Crippen LogP contribution in [0.5, 0.6) is 11.5 Å². The number of hydrogen-bond acceptors (Lipinski definition) is 8. The van der Waals surface area contributed by atoms with Crippen molar-refractivity contribution in [2.24, 2.45) is 5.10 Å². The highest BCUT2D eigenvalue weighted by atomic mass is 32.2. The maximum Gasteiger partial charge on any atom is 0.295 e. The van der Waals surface area contributed by atoms with Gasteiger partial charge in [-0.05, 0) is 49.7 Å². The number of sulfonamides is 1. The summed E-state index contributed by atoms with van der Waals surface area (Å²) < 4.78 is 38.6. The monoisotopic (exact) mass is 484 g/mol. The normalized spacial score (nSPS) is 11.3. The second-order valence-electron chi connectivity index (χ2n) is 7.34. The highest BCUT2D eigenvalue weighted by molar-refractivity contribution is 7.92. The van der Waals surface area contributed by atoms with Crippen LogP contribution in [-0.2, 0) is 10.0 Å². The van der Waals surface area contributed by atoms with Gasteiger partial charge < -0.3 is 9.47 Å². The van der Waals surface area contributed by atoms with Gasteiger partial charge in [0, 0.05) is 17.7 Å². The topological polar surface area (TPSA) is 132 Å². The lowest BCUT2D eigenvalue weighted by atomic mass is 10.1. The number of aryl methyl sites for hydroxylation is 2. The highest BCUT2D eigenvalue weighted by Crippen LogP contribution is 2.29. The van der Waals surface area contributed by atoms with E-state index in [4.69, 9.17) is 9.47 Å². The fourth-order valence-corrected chi connectivity index (χ4v) is 4.30. The van der Waals surface area contributed by atoms with Crippen LogP contribution in [0.15, 0.2) is 64.6 Å². The minimum Gasteiger partial charge on any atom is -0.497 e. The molecule has 10 nitrogen and oxygen atoms in total. The molecule has 0 atom stereocenters. The minimum absolute atomic E-state index is 0.0270. The van der Waals surface area contributed by atoms with E-state index < -0.39 is 20.6 Å². The first-order chi connectivity index (χ1) is 16.1. The van der Waals surface area contributed by atoms with Crippen LogP contribution in [0.1, 0.15) is 16.7 Å². The molecule has 0 radical (unpaired) electrons. The first-order valence-electron chi connectivity index (χ1n) is 10.0. The summed E-state index contributed by atoms with van der Waals surface area (Å²) in [5.41, 5.74) is 4.90. The third-order valence-electron chi connectivity index (χ3n) is 4.93. The molecule has 3 aromatic carbocycles. The van der Waals surface area contributed by atoms with Gasteiger partial charge in [0.2, 0.25) is 0 Å². The summed E-state index contributed by atoms with van der Waals surface area (Å²) in [4.78, 5) is 10.7. The summed E-state index contributed by atoms with van der Waals surface area (Å²) in [6.07, 6.45) is 1.42. The number of nitrogens with zero attached hydrogens (tertiary/aromatic N) is 2. The number of hydrazone groups is 1. The molecule has 0 spiro atoms. The largest absolute Gasteiger partial charge is 0.497 e. The summed E-state index contributed by atoms with van der Waals surface area (Å²) in [6.45, 7) is 3.67. The van der Waals surface area contributed by atoms with Crippen LogP contribution in [-0.4, -0.2) is 33.8 Å². The molecule has 11 heteroatoms. The van der Waals surface area contributed by atoms with E-state index in [0.717, 1.165) is 17.2 Å². The quantitative estimate of drug-likeness (QED) is 0.260. The van der Waals surface area contributed by atoms with E-state index in [2.05, 4.69) is 15.2 Å².